The summed E-state index contributed by atoms with van der Waals surface area (Å²) in [5.41, 5.74) is 9.35. The highest BCUT2D eigenvalue weighted by Crippen LogP contribution is 2.35. The van der Waals surface area contributed by atoms with E-state index in [9.17, 15) is 8.42 Å². The van der Waals surface area contributed by atoms with Gasteiger partial charge in [-0.15, -0.1) is 0 Å². The van der Waals surface area contributed by atoms with Gasteiger partial charge in [-0.05, 0) is 36.2 Å². The van der Waals surface area contributed by atoms with Gasteiger partial charge < -0.3 is 20.5 Å². The second-order valence-corrected chi connectivity index (χ2v) is 9.30. The minimum atomic E-state index is -3.31. The zero-order chi connectivity index (χ0) is 22.4. The summed E-state index contributed by atoms with van der Waals surface area (Å²) in [6.07, 6.45) is 2.85. The van der Waals surface area contributed by atoms with Crippen molar-refractivity contribution in [1.29, 1.82) is 0 Å². The van der Waals surface area contributed by atoms with Crippen LogP contribution >= 0.6 is 0 Å². The number of ether oxygens (including phenoxy) is 2. The van der Waals surface area contributed by atoms with Crippen LogP contribution in [0.5, 0.6) is 11.5 Å². The van der Waals surface area contributed by atoms with Crippen molar-refractivity contribution in [2.45, 2.75) is 13.0 Å². The molecular formula is C23H27N3O4S. The van der Waals surface area contributed by atoms with Crippen LogP contribution in [0.4, 0.5) is 11.5 Å². The molecule has 3 rings (SSSR count). The molecule has 7 nitrogen and oxygen atoms in total. The second kappa shape index (κ2) is 9.70. The van der Waals surface area contributed by atoms with Crippen LogP contribution in [0.25, 0.3) is 11.1 Å². The van der Waals surface area contributed by atoms with Gasteiger partial charge in [0, 0.05) is 18.0 Å². The van der Waals surface area contributed by atoms with Crippen molar-refractivity contribution in [1.82, 2.24) is 4.98 Å². The predicted octanol–water partition coefficient (Wildman–Crippen LogP) is 3.94. The van der Waals surface area contributed by atoms with Crippen molar-refractivity contribution in [3.05, 3.63) is 66.4 Å². The van der Waals surface area contributed by atoms with E-state index in [-0.39, 0.29) is 5.75 Å². The Kier molecular flexibility index (Phi) is 7.02. The van der Waals surface area contributed by atoms with E-state index in [2.05, 4.69) is 10.3 Å². The normalized spacial score (nSPS) is 12.2. The third kappa shape index (κ3) is 5.67. The Morgan fingerprint density at radius 3 is 2.48 bits per heavy atom. The fourth-order valence-corrected chi connectivity index (χ4v) is 4.21. The lowest BCUT2D eigenvalue weighted by Crippen LogP contribution is -2.22. The number of benzene rings is 2. The molecule has 31 heavy (non-hydrogen) atoms. The monoisotopic (exact) mass is 441 g/mol. The molecule has 1 aromatic heterocycles. The standard InChI is InChI=1S/C23H27N3O4S/c1-4-30-21-14-17(10-11-20(21)29-2)19(15-31(3,27)28)26-23-22(24)18(12-13-25-23)16-8-6-5-7-9-16/h5-14,19H,4,15,24H2,1-3H3,(H,25,26)/t19-/m1/s1. The Balaban J connectivity index is 2.01. The van der Waals surface area contributed by atoms with E-state index in [1.54, 1.807) is 31.5 Å². The quantitative estimate of drug-likeness (QED) is 0.518. The molecule has 0 saturated carbocycles. The molecule has 3 aromatic rings. The maximum absolute atomic E-state index is 12.2. The Labute approximate surface area is 183 Å². The fourth-order valence-electron chi connectivity index (χ4n) is 3.33. The summed E-state index contributed by atoms with van der Waals surface area (Å²) in [5, 5.41) is 3.23. The topological polar surface area (TPSA) is 104 Å². The molecular weight excluding hydrogens is 414 g/mol. The Bertz CT molecular complexity index is 1130. The number of sulfone groups is 1. The number of nitrogens with zero attached hydrogens (tertiary/aromatic N) is 1. The van der Waals surface area contributed by atoms with Gasteiger partial charge in [0.2, 0.25) is 0 Å². The number of anilines is 2. The maximum Gasteiger partial charge on any atom is 0.161 e. The summed E-state index contributed by atoms with van der Waals surface area (Å²) in [5.74, 6) is 1.40. The minimum Gasteiger partial charge on any atom is -0.493 e. The van der Waals surface area contributed by atoms with Gasteiger partial charge in [0.05, 0.1) is 31.2 Å². The summed E-state index contributed by atoms with van der Waals surface area (Å²) in [7, 11) is -1.75. The van der Waals surface area contributed by atoms with Crippen LogP contribution in [0, 0.1) is 0 Å². The molecule has 0 amide bonds. The predicted molar refractivity (Wildman–Crippen MR) is 124 cm³/mol. The first-order valence-corrected chi connectivity index (χ1v) is 11.9. The van der Waals surface area contributed by atoms with Gasteiger partial charge in [0.25, 0.3) is 0 Å². The van der Waals surface area contributed by atoms with Gasteiger partial charge in [0.1, 0.15) is 15.7 Å². The summed E-state index contributed by atoms with van der Waals surface area (Å²) >= 11 is 0. The lowest BCUT2D eigenvalue weighted by Gasteiger charge is -2.22. The van der Waals surface area contributed by atoms with Crippen molar-refractivity contribution in [2.24, 2.45) is 0 Å². The molecule has 164 valence electrons. The van der Waals surface area contributed by atoms with Crippen molar-refractivity contribution in [3.8, 4) is 22.6 Å². The van der Waals surface area contributed by atoms with Crippen LogP contribution in [0.15, 0.2) is 60.8 Å². The second-order valence-electron chi connectivity index (χ2n) is 7.12. The van der Waals surface area contributed by atoms with Crippen molar-refractivity contribution >= 4 is 21.3 Å². The van der Waals surface area contributed by atoms with Crippen LogP contribution < -0.4 is 20.5 Å². The lowest BCUT2D eigenvalue weighted by atomic mass is 10.0. The van der Waals surface area contributed by atoms with Gasteiger partial charge >= 0.3 is 0 Å². The van der Waals surface area contributed by atoms with Crippen LogP contribution in [0.3, 0.4) is 0 Å². The van der Waals surface area contributed by atoms with E-state index >= 15 is 0 Å². The average molecular weight is 442 g/mol. The van der Waals surface area contributed by atoms with Crippen LogP contribution in [-0.4, -0.2) is 39.1 Å². The third-order valence-electron chi connectivity index (χ3n) is 4.75. The zero-order valence-electron chi connectivity index (χ0n) is 17.8. The molecule has 0 bridgehead atoms. The van der Waals surface area contributed by atoms with Crippen molar-refractivity contribution < 1.29 is 17.9 Å². The molecule has 0 spiro atoms. The van der Waals surface area contributed by atoms with E-state index in [4.69, 9.17) is 15.2 Å². The first kappa shape index (κ1) is 22.4. The smallest absolute Gasteiger partial charge is 0.161 e. The molecule has 0 unspecified atom stereocenters. The highest BCUT2D eigenvalue weighted by molar-refractivity contribution is 7.90. The number of aromatic nitrogens is 1. The molecule has 1 atom stereocenters. The largest absolute Gasteiger partial charge is 0.493 e. The number of pyridine rings is 1. The number of hydrogen-bond donors (Lipinski definition) is 2. The van der Waals surface area contributed by atoms with E-state index in [1.807, 2.05) is 43.3 Å². The molecule has 1 heterocycles. The van der Waals surface area contributed by atoms with E-state index in [0.717, 1.165) is 16.7 Å². The summed E-state index contributed by atoms with van der Waals surface area (Å²) in [6, 6.07) is 16.3. The number of nitrogen functional groups attached to an aromatic ring is 1. The molecule has 3 N–H and O–H groups in total. The molecule has 0 aliphatic carbocycles. The SMILES string of the molecule is CCOc1cc([C@@H](CS(C)(=O)=O)Nc2nccc(-c3ccccc3)c2N)ccc1OC. The molecule has 0 saturated heterocycles. The van der Waals surface area contributed by atoms with E-state index in [0.29, 0.717) is 29.6 Å². The van der Waals surface area contributed by atoms with Crippen molar-refractivity contribution in [3.63, 3.8) is 0 Å². The molecule has 0 radical (unpaired) electrons. The van der Waals surface area contributed by atoms with Gasteiger partial charge in [-0.25, -0.2) is 13.4 Å². The van der Waals surface area contributed by atoms with Crippen LogP contribution in [-0.2, 0) is 9.84 Å². The van der Waals surface area contributed by atoms with Gasteiger partial charge in [-0.1, -0.05) is 36.4 Å². The minimum absolute atomic E-state index is 0.137. The van der Waals surface area contributed by atoms with Crippen LogP contribution in [0.2, 0.25) is 0 Å². The molecule has 0 aliphatic heterocycles. The van der Waals surface area contributed by atoms with Gasteiger partial charge in [-0.2, -0.15) is 0 Å². The highest BCUT2D eigenvalue weighted by atomic mass is 32.2. The first-order valence-electron chi connectivity index (χ1n) is 9.87. The average Bonchev–Trinajstić information content (AvgIpc) is 2.74. The van der Waals surface area contributed by atoms with Gasteiger partial charge in [0.15, 0.2) is 11.5 Å². The lowest BCUT2D eigenvalue weighted by molar-refractivity contribution is 0.310. The first-order chi connectivity index (χ1) is 14.8. The Morgan fingerprint density at radius 1 is 1.10 bits per heavy atom. The van der Waals surface area contributed by atoms with E-state index < -0.39 is 15.9 Å². The van der Waals surface area contributed by atoms with Gasteiger partial charge in [-0.3, -0.25) is 0 Å². The highest BCUT2D eigenvalue weighted by Gasteiger charge is 2.21. The molecule has 8 heteroatoms. The van der Waals surface area contributed by atoms with Crippen molar-refractivity contribution in [2.75, 3.05) is 36.8 Å². The number of rotatable bonds is 9. The fraction of sp³-hybridized carbons (Fsp3) is 0.261. The summed E-state index contributed by atoms with van der Waals surface area (Å²) in [4.78, 5) is 4.37. The zero-order valence-corrected chi connectivity index (χ0v) is 18.6. The number of hydrogen-bond acceptors (Lipinski definition) is 7. The molecule has 2 aromatic carbocycles. The number of nitrogens with two attached hydrogens (primary N) is 1. The third-order valence-corrected chi connectivity index (χ3v) is 5.68. The maximum atomic E-state index is 12.2. The van der Waals surface area contributed by atoms with E-state index in [1.165, 1.54) is 6.26 Å². The summed E-state index contributed by atoms with van der Waals surface area (Å²) < 4.78 is 35.3. The van der Waals surface area contributed by atoms with Crippen LogP contribution in [0.1, 0.15) is 18.5 Å². The molecule has 0 aliphatic rings. The molecule has 0 fully saturated rings. The Morgan fingerprint density at radius 2 is 1.84 bits per heavy atom. The Hall–Kier alpha value is -3.26. The number of nitrogens with one attached hydrogen (secondary N) is 1. The number of methoxy groups -OCH3 is 1. The summed E-state index contributed by atoms with van der Waals surface area (Å²) in [6.45, 7) is 2.33.